The molecule has 0 spiro atoms. The van der Waals surface area contributed by atoms with E-state index in [9.17, 15) is 0 Å². The molecule has 0 bridgehead atoms. The van der Waals surface area contributed by atoms with Gasteiger partial charge in [-0.05, 0) is 24.7 Å². The maximum Gasteiger partial charge on any atom is 0.193 e. The lowest BCUT2D eigenvalue weighted by Crippen LogP contribution is -2.57. The van der Waals surface area contributed by atoms with Crippen LogP contribution in [0.1, 0.15) is 41.5 Å². The first-order valence-corrected chi connectivity index (χ1v) is 7.82. The molecule has 0 saturated carbocycles. The third kappa shape index (κ3) is 5.66. The van der Waals surface area contributed by atoms with Gasteiger partial charge in [0.05, 0.1) is 0 Å². The molecule has 92 valence electrons. The molecule has 0 rings (SSSR count). The van der Waals surface area contributed by atoms with Crippen LogP contribution in [0.15, 0.2) is 0 Å². The number of nitrogens with one attached hydrogen (secondary N) is 2. The molecule has 0 aromatic heterocycles. The molecule has 0 heterocycles. The zero-order valence-electron chi connectivity index (χ0n) is 11.4. The summed E-state index contributed by atoms with van der Waals surface area (Å²) in [5.74, 6) is 0. The van der Waals surface area contributed by atoms with Crippen molar-refractivity contribution >= 4 is 9.12 Å². The first-order chi connectivity index (χ1) is 6.97. The minimum absolute atomic E-state index is 0.404. The summed E-state index contributed by atoms with van der Waals surface area (Å²) in [7, 11) is -1.05. The second-order valence-electron chi connectivity index (χ2n) is 4.97. The van der Waals surface area contributed by atoms with Crippen LogP contribution in [0.3, 0.4) is 0 Å². The average Bonchev–Trinajstić information content (AvgIpc) is 2.16. The van der Waals surface area contributed by atoms with E-state index in [1.807, 2.05) is 0 Å². The van der Waals surface area contributed by atoms with Crippen molar-refractivity contribution in [2.45, 2.75) is 46.6 Å². The van der Waals surface area contributed by atoms with Gasteiger partial charge in [-0.15, -0.1) is 0 Å². The van der Waals surface area contributed by atoms with E-state index in [1.54, 1.807) is 0 Å². The second-order valence-corrected chi connectivity index (χ2v) is 8.65. The van der Waals surface area contributed by atoms with E-state index in [4.69, 9.17) is 0 Å². The van der Waals surface area contributed by atoms with Gasteiger partial charge < -0.3 is 14.9 Å². The monoisotopic (exact) mass is 231 g/mol. The van der Waals surface area contributed by atoms with Crippen molar-refractivity contribution in [2.24, 2.45) is 0 Å². The molecule has 0 aliphatic rings. The highest BCUT2D eigenvalue weighted by atomic mass is 28.3. The Hall–Kier alpha value is 0.0969. The molecule has 0 fully saturated rings. The number of hydrogen-bond donors (Lipinski definition) is 2. The molecule has 4 heteroatoms. The highest BCUT2D eigenvalue weighted by Crippen LogP contribution is 2.26. The third-order valence-electron chi connectivity index (χ3n) is 2.67. The fourth-order valence-electron chi connectivity index (χ4n) is 1.87. The van der Waals surface area contributed by atoms with Crippen LogP contribution in [0.25, 0.3) is 0 Å². The number of nitrogens with zero attached hydrogens (tertiary/aromatic N) is 1. The van der Waals surface area contributed by atoms with Crippen LogP contribution in [-0.2, 0) is 0 Å². The van der Waals surface area contributed by atoms with Gasteiger partial charge in [-0.1, -0.05) is 41.5 Å². The maximum atomic E-state index is 3.72. The zero-order chi connectivity index (χ0) is 11.9. The van der Waals surface area contributed by atoms with Gasteiger partial charge in [0, 0.05) is 6.67 Å². The molecule has 0 aliphatic carbocycles. The molecule has 0 aromatic rings. The lowest BCUT2D eigenvalue weighted by atomic mass is 10.3. The smallest absolute Gasteiger partial charge is 0.193 e. The fourth-order valence-corrected chi connectivity index (χ4v) is 4.90. The predicted octanol–water partition coefficient (Wildman–Crippen LogP) is 1.51. The van der Waals surface area contributed by atoms with Gasteiger partial charge in [0.1, 0.15) is 0 Å². The van der Waals surface area contributed by atoms with E-state index in [-0.39, 0.29) is 0 Å². The summed E-state index contributed by atoms with van der Waals surface area (Å²) in [6.07, 6.45) is 0. The Morgan fingerprint density at radius 3 is 1.93 bits per heavy atom. The fraction of sp³-hybridized carbons (Fsp3) is 1.00. The van der Waals surface area contributed by atoms with Gasteiger partial charge >= 0.3 is 0 Å². The molecule has 0 amide bonds. The highest BCUT2D eigenvalue weighted by Gasteiger charge is 2.30. The SMILES string of the molecule is CCNCN[SiH](N(CC)CC)C(C)(C)C. The van der Waals surface area contributed by atoms with Gasteiger partial charge in [-0.2, -0.15) is 0 Å². The predicted molar refractivity (Wildman–Crippen MR) is 71.5 cm³/mol. The summed E-state index contributed by atoms with van der Waals surface area (Å²) in [6, 6.07) is 0. The van der Waals surface area contributed by atoms with E-state index >= 15 is 0 Å². The summed E-state index contributed by atoms with van der Waals surface area (Å²) < 4.78 is 2.61. The Morgan fingerprint density at radius 2 is 1.60 bits per heavy atom. The third-order valence-corrected chi connectivity index (χ3v) is 6.36. The van der Waals surface area contributed by atoms with Crippen LogP contribution in [0.4, 0.5) is 0 Å². The van der Waals surface area contributed by atoms with E-state index < -0.39 is 9.12 Å². The summed E-state index contributed by atoms with van der Waals surface area (Å²) in [5.41, 5.74) is 0. The van der Waals surface area contributed by atoms with E-state index in [0.717, 1.165) is 26.3 Å². The summed E-state index contributed by atoms with van der Waals surface area (Å²) >= 11 is 0. The Labute approximate surface area is 97.4 Å². The van der Waals surface area contributed by atoms with Gasteiger partial charge in [-0.25, -0.2) is 0 Å². The van der Waals surface area contributed by atoms with E-state index in [2.05, 4.69) is 56.4 Å². The van der Waals surface area contributed by atoms with Crippen molar-refractivity contribution in [1.82, 2.24) is 14.9 Å². The van der Waals surface area contributed by atoms with Crippen LogP contribution in [-0.4, -0.2) is 40.0 Å². The zero-order valence-corrected chi connectivity index (χ0v) is 12.5. The molecule has 0 radical (unpaired) electrons. The number of hydrogen-bond acceptors (Lipinski definition) is 3. The number of rotatable bonds is 7. The van der Waals surface area contributed by atoms with Crippen molar-refractivity contribution in [3.05, 3.63) is 0 Å². The summed E-state index contributed by atoms with van der Waals surface area (Å²) in [4.78, 5) is 3.72. The lowest BCUT2D eigenvalue weighted by molar-refractivity contribution is 0.434. The molecule has 1 unspecified atom stereocenters. The van der Waals surface area contributed by atoms with Crippen molar-refractivity contribution in [3.63, 3.8) is 0 Å². The van der Waals surface area contributed by atoms with Gasteiger partial charge in [0.2, 0.25) is 0 Å². The van der Waals surface area contributed by atoms with Crippen LogP contribution >= 0.6 is 0 Å². The second kappa shape index (κ2) is 7.38. The van der Waals surface area contributed by atoms with Gasteiger partial charge in [-0.3, -0.25) is 0 Å². The quantitative estimate of drug-likeness (QED) is 0.395. The molecule has 0 aromatic carbocycles. The van der Waals surface area contributed by atoms with E-state index in [1.165, 1.54) is 0 Å². The van der Waals surface area contributed by atoms with Crippen molar-refractivity contribution in [1.29, 1.82) is 0 Å². The molecule has 15 heavy (non-hydrogen) atoms. The minimum atomic E-state index is -1.05. The maximum absolute atomic E-state index is 3.72. The first kappa shape index (κ1) is 15.1. The normalized spacial score (nSPS) is 14.6. The molecule has 2 N–H and O–H groups in total. The Bertz CT molecular complexity index is 152. The summed E-state index contributed by atoms with van der Waals surface area (Å²) in [5, 5.41) is 3.76. The molecule has 3 nitrogen and oxygen atoms in total. The van der Waals surface area contributed by atoms with E-state index in [0.29, 0.717) is 5.04 Å². The van der Waals surface area contributed by atoms with Gasteiger partial charge in [0.25, 0.3) is 0 Å². The van der Waals surface area contributed by atoms with Crippen molar-refractivity contribution < 1.29 is 0 Å². The van der Waals surface area contributed by atoms with Gasteiger partial charge in [0.15, 0.2) is 9.12 Å². The highest BCUT2D eigenvalue weighted by molar-refractivity contribution is 6.56. The Morgan fingerprint density at radius 1 is 1.07 bits per heavy atom. The Balaban J connectivity index is 4.30. The lowest BCUT2D eigenvalue weighted by Gasteiger charge is -2.38. The average molecular weight is 231 g/mol. The standard InChI is InChI=1S/C11H29N3Si/c1-7-12-10-13-15(11(4,5)6)14(8-2)9-3/h12-13,15H,7-10H2,1-6H3. The molecule has 0 aliphatic heterocycles. The van der Waals surface area contributed by atoms with Crippen LogP contribution in [0.2, 0.25) is 5.04 Å². The molecular weight excluding hydrogens is 202 g/mol. The topological polar surface area (TPSA) is 27.3 Å². The molecular formula is C11H29N3Si. The van der Waals surface area contributed by atoms with Crippen molar-refractivity contribution in [3.8, 4) is 0 Å². The van der Waals surface area contributed by atoms with Crippen LogP contribution in [0, 0.1) is 0 Å². The largest absolute Gasteiger partial charge is 0.315 e. The molecule has 0 saturated heterocycles. The minimum Gasteiger partial charge on any atom is -0.315 e. The van der Waals surface area contributed by atoms with Crippen molar-refractivity contribution in [2.75, 3.05) is 26.3 Å². The van der Waals surface area contributed by atoms with Crippen LogP contribution in [0.5, 0.6) is 0 Å². The molecule has 1 atom stereocenters. The summed E-state index contributed by atoms with van der Waals surface area (Å²) in [6.45, 7) is 18.0. The first-order valence-electron chi connectivity index (χ1n) is 6.15. The van der Waals surface area contributed by atoms with Crippen LogP contribution < -0.4 is 10.3 Å². The Kier molecular flexibility index (Phi) is 7.43.